The Morgan fingerprint density at radius 3 is 2.29 bits per heavy atom. The Bertz CT molecular complexity index is 425. The molecule has 3 atom stereocenters. The molecule has 0 saturated heterocycles. The molecule has 1 amide bonds. The molecule has 3 heteroatoms. The molecular formula is C18H30N2O. The van der Waals surface area contributed by atoms with Crippen molar-refractivity contribution in [3.8, 4) is 0 Å². The average molecular weight is 290 g/mol. The van der Waals surface area contributed by atoms with Crippen LogP contribution in [0.2, 0.25) is 0 Å². The van der Waals surface area contributed by atoms with Gasteiger partial charge < -0.3 is 11.1 Å². The third-order valence-corrected chi connectivity index (χ3v) is 4.10. The molecule has 1 aromatic rings. The van der Waals surface area contributed by atoms with E-state index in [2.05, 4.69) is 31.3 Å². The first-order chi connectivity index (χ1) is 9.93. The van der Waals surface area contributed by atoms with Gasteiger partial charge in [0.2, 0.25) is 5.91 Å². The zero-order chi connectivity index (χ0) is 15.8. The van der Waals surface area contributed by atoms with Crippen molar-refractivity contribution in [1.82, 2.24) is 0 Å². The van der Waals surface area contributed by atoms with Crippen molar-refractivity contribution in [2.24, 2.45) is 11.7 Å². The molecule has 0 aliphatic carbocycles. The van der Waals surface area contributed by atoms with Crippen molar-refractivity contribution in [3.05, 3.63) is 29.8 Å². The fraction of sp³-hybridized carbons (Fsp3) is 0.611. The topological polar surface area (TPSA) is 55.1 Å². The molecule has 0 aromatic heterocycles. The summed E-state index contributed by atoms with van der Waals surface area (Å²) in [6.07, 6.45) is 3.99. The van der Waals surface area contributed by atoms with Crippen LogP contribution in [-0.2, 0) is 4.79 Å². The van der Waals surface area contributed by atoms with Crippen molar-refractivity contribution in [1.29, 1.82) is 0 Å². The number of hydrogen-bond acceptors (Lipinski definition) is 2. The Morgan fingerprint density at radius 2 is 1.76 bits per heavy atom. The Balaban J connectivity index is 2.46. The molecule has 0 aliphatic rings. The maximum atomic E-state index is 12.1. The second kappa shape index (κ2) is 8.83. The van der Waals surface area contributed by atoms with Crippen molar-refractivity contribution < 1.29 is 4.79 Å². The maximum absolute atomic E-state index is 12.1. The van der Waals surface area contributed by atoms with Gasteiger partial charge in [0.25, 0.3) is 0 Å². The van der Waals surface area contributed by atoms with Crippen LogP contribution in [0.3, 0.4) is 0 Å². The lowest BCUT2D eigenvalue weighted by molar-refractivity contribution is -0.119. The number of hydrogen-bond donors (Lipinski definition) is 2. The van der Waals surface area contributed by atoms with Gasteiger partial charge in [-0.2, -0.15) is 0 Å². The van der Waals surface area contributed by atoms with Gasteiger partial charge >= 0.3 is 0 Å². The molecule has 1 aromatic carbocycles. The second-order valence-corrected chi connectivity index (χ2v) is 6.23. The highest BCUT2D eigenvalue weighted by molar-refractivity contribution is 5.92. The first-order valence-electron chi connectivity index (χ1n) is 8.10. The molecule has 3 nitrogen and oxygen atoms in total. The Kier molecular flexibility index (Phi) is 7.44. The highest BCUT2D eigenvalue weighted by atomic mass is 16.1. The first-order valence-corrected chi connectivity index (χ1v) is 8.10. The van der Waals surface area contributed by atoms with E-state index < -0.39 is 0 Å². The van der Waals surface area contributed by atoms with Crippen molar-refractivity contribution in [2.75, 3.05) is 5.32 Å². The van der Waals surface area contributed by atoms with E-state index in [1.807, 2.05) is 26.0 Å². The summed E-state index contributed by atoms with van der Waals surface area (Å²) >= 11 is 0. The van der Waals surface area contributed by atoms with Crippen LogP contribution in [0.5, 0.6) is 0 Å². The van der Waals surface area contributed by atoms with E-state index in [0.29, 0.717) is 5.92 Å². The van der Waals surface area contributed by atoms with Crippen LogP contribution >= 0.6 is 0 Å². The molecule has 3 N–H and O–H groups in total. The number of amides is 1. The largest absolute Gasteiger partial charge is 0.328 e. The Labute approximate surface area is 129 Å². The van der Waals surface area contributed by atoms with E-state index >= 15 is 0 Å². The quantitative estimate of drug-likeness (QED) is 0.750. The van der Waals surface area contributed by atoms with Gasteiger partial charge in [-0.1, -0.05) is 39.3 Å². The molecule has 0 saturated carbocycles. The van der Waals surface area contributed by atoms with Crippen LogP contribution in [-0.4, -0.2) is 11.9 Å². The molecule has 21 heavy (non-hydrogen) atoms. The van der Waals surface area contributed by atoms with Crippen LogP contribution in [0.1, 0.15) is 64.9 Å². The van der Waals surface area contributed by atoms with Crippen LogP contribution in [0.4, 0.5) is 5.69 Å². The molecule has 0 spiro atoms. The lowest BCUT2D eigenvalue weighted by atomic mass is 9.98. The molecule has 1 rings (SSSR count). The van der Waals surface area contributed by atoms with E-state index in [1.54, 1.807) is 0 Å². The van der Waals surface area contributed by atoms with Gasteiger partial charge in [-0.3, -0.25) is 4.79 Å². The average Bonchev–Trinajstić information content (AvgIpc) is 2.46. The molecule has 3 unspecified atom stereocenters. The molecule has 0 heterocycles. The molecule has 118 valence electrons. The molecule has 0 bridgehead atoms. The minimum absolute atomic E-state index is 0.0259. The van der Waals surface area contributed by atoms with E-state index in [-0.39, 0.29) is 17.9 Å². The summed E-state index contributed by atoms with van der Waals surface area (Å²) in [6, 6.07) is 8.41. The van der Waals surface area contributed by atoms with Crippen LogP contribution in [0, 0.1) is 5.92 Å². The van der Waals surface area contributed by atoms with Crippen molar-refractivity contribution in [2.45, 2.75) is 65.3 Å². The number of rotatable bonds is 8. The Hall–Kier alpha value is -1.35. The molecule has 0 fully saturated rings. The number of nitrogens with one attached hydrogen (secondary N) is 1. The van der Waals surface area contributed by atoms with Crippen LogP contribution in [0.15, 0.2) is 24.3 Å². The summed E-state index contributed by atoms with van der Waals surface area (Å²) < 4.78 is 0. The predicted octanol–water partition coefficient (Wildman–Crippen LogP) is 4.29. The number of nitrogens with two attached hydrogens (primary N) is 1. The SMILES string of the molecule is CCC(C)c1ccc(NC(=O)C(C)CCCC(C)N)cc1. The summed E-state index contributed by atoms with van der Waals surface area (Å²) in [7, 11) is 0. The summed E-state index contributed by atoms with van der Waals surface area (Å²) in [5.74, 6) is 0.681. The summed E-state index contributed by atoms with van der Waals surface area (Å²) in [6.45, 7) is 8.38. The maximum Gasteiger partial charge on any atom is 0.227 e. The van der Waals surface area contributed by atoms with Crippen LogP contribution < -0.4 is 11.1 Å². The van der Waals surface area contributed by atoms with Gasteiger partial charge in [0.1, 0.15) is 0 Å². The minimum Gasteiger partial charge on any atom is -0.328 e. The smallest absolute Gasteiger partial charge is 0.227 e. The summed E-state index contributed by atoms with van der Waals surface area (Å²) in [5, 5.41) is 2.99. The van der Waals surface area contributed by atoms with Gasteiger partial charge in [0.15, 0.2) is 0 Å². The standard InChI is InChI=1S/C18H30N2O/c1-5-13(2)16-9-11-17(12-10-16)20-18(21)14(3)7-6-8-15(4)19/h9-15H,5-8,19H2,1-4H3,(H,20,21). The van der Waals surface area contributed by atoms with Gasteiger partial charge in [-0.05, 0) is 49.8 Å². The van der Waals surface area contributed by atoms with Crippen LogP contribution in [0.25, 0.3) is 0 Å². The van der Waals surface area contributed by atoms with Gasteiger partial charge in [-0.15, -0.1) is 0 Å². The summed E-state index contributed by atoms with van der Waals surface area (Å²) in [4.78, 5) is 12.1. The lowest BCUT2D eigenvalue weighted by Gasteiger charge is -2.14. The van der Waals surface area contributed by atoms with Gasteiger partial charge in [0.05, 0.1) is 0 Å². The number of benzene rings is 1. The highest BCUT2D eigenvalue weighted by Gasteiger charge is 2.13. The third-order valence-electron chi connectivity index (χ3n) is 4.10. The monoisotopic (exact) mass is 290 g/mol. The van der Waals surface area contributed by atoms with E-state index in [0.717, 1.165) is 31.4 Å². The minimum atomic E-state index is 0.0259. The first kappa shape index (κ1) is 17.7. The van der Waals surface area contributed by atoms with E-state index in [1.165, 1.54) is 5.56 Å². The van der Waals surface area contributed by atoms with Gasteiger partial charge in [0, 0.05) is 17.6 Å². The summed E-state index contributed by atoms with van der Waals surface area (Å²) in [5.41, 5.74) is 7.93. The van der Waals surface area contributed by atoms with E-state index in [9.17, 15) is 4.79 Å². The van der Waals surface area contributed by atoms with Crippen molar-refractivity contribution >= 4 is 11.6 Å². The fourth-order valence-corrected chi connectivity index (χ4v) is 2.27. The van der Waals surface area contributed by atoms with Crippen molar-refractivity contribution in [3.63, 3.8) is 0 Å². The number of carbonyl (C=O) groups is 1. The highest BCUT2D eigenvalue weighted by Crippen LogP contribution is 2.21. The van der Waals surface area contributed by atoms with Gasteiger partial charge in [-0.25, -0.2) is 0 Å². The normalized spacial score (nSPS) is 15.3. The Morgan fingerprint density at radius 1 is 1.14 bits per heavy atom. The zero-order valence-corrected chi connectivity index (χ0v) is 13.9. The number of carbonyl (C=O) groups excluding carboxylic acids is 1. The van der Waals surface area contributed by atoms with E-state index in [4.69, 9.17) is 5.73 Å². The zero-order valence-electron chi connectivity index (χ0n) is 13.9. The molecular weight excluding hydrogens is 260 g/mol. The third kappa shape index (κ3) is 6.30. The number of anilines is 1. The molecule has 0 radical (unpaired) electrons. The second-order valence-electron chi connectivity index (χ2n) is 6.23. The molecule has 0 aliphatic heterocycles. The lowest BCUT2D eigenvalue weighted by Crippen LogP contribution is -2.21. The fourth-order valence-electron chi connectivity index (χ4n) is 2.27. The predicted molar refractivity (Wildman–Crippen MR) is 90.4 cm³/mol.